The molecule has 7 heteroatoms. The molecule has 2 heterocycles. The molecule has 0 saturated heterocycles. The van der Waals surface area contributed by atoms with E-state index in [0.717, 1.165) is 17.5 Å². The molecule has 194 valence electrons. The average Bonchev–Trinajstić information content (AvgIpc) is 2.89. The van der Waals surface area contributed by atoms with Crippen LogP contribution in [0.25, 0.3) is 0 Å². The molecule has 1 unspecified atom stereocenters. The maximum atomic E-state index is 14.0. The fourth-order valence-corrected chi connectivity index (χ4v) is 4.12. The largest absolute Gasteiger partial charge is 0.350 e. The zero-order valence-electron chi connectivity index (χ0n) is 21.9. The van der Waals surface area contributed by atoms with Crippen molar-refractivity contribution in [3.05, 3.63) is 90.0 Å². The molecule has 0 spiro atoms. The molecule has 2 aromatic heterocycles. The zero-order chi connectivity index (χ0) is 26.1. The number of rotatable bonds is 10. The third-order valence-electron chi connectivity index (χ3n) is 6.20. The van der Waals surface area contributed by atoms with E-state index in [2.05, 4.69) is 41.4 Å². The topological polar surface area (TPSA) is 87.2 Å². The van der Waals surface area contributed by atoms with Gasteiger partial charge in [-0.3, -0.25) is 24.5 Å². The van der Waals surface area contributed by atoms with Gasteiger partial charge in [0.15, 0.2) is 0 Å². The highest BCUT2D eigenvalue weighted by molar-refractivity contribution is 6.03. The Morgan fingerprint density at radius 2 is 1.69 bits per heavy atom. The van der Waals surface area contributed by atoms with E-state index < -0.39 is 12.1 Å². The van der Waals surface area contributed by atoms with Gasteiger partial charge in [0.05, 0.1) is 6.04 Å². The summed E-state index contributed by atoms with van der Waals surface area (Å²) in [6, 6.07) is 13.9. The molecule has 0 aliphatic carbocycles. The molecule has 0 aliphatic heterocycles. The SMILES string of the molecule is CCC[C@@H](NC)C(=O)N(c1ccc(C(C)(C)C)cc1)C(C(=O)NCc1ccncc1)c1cccnc1.[HH].[HH]. The summed E-state index contributed by atoms with van der Waals surface area (Å²) in [6.07, 6.45) is 8.18. The van der Waals surface area contributed by atoms with Crippen molar-refractivity contribution in [2.24, 2.45) is 0 Å². The van der Waals surface area contributed by atoms with Crippen LogP contribution in [0.4, 0.5) is 5.69 Å². The quantitative estimate of drug-likeness (QED) is 0.415. The molecule has 0 radical (unpaired) electrons. The number of aromatic nitrogens is 2. The first-order valence-corrected chi connectivity index (χ1v) is 12.4. The lowest BCUT2D eigenvalue weighted by Crippen LogP contribution is -2.51. The minimum absolute atomic E-state index is 0. The fraction of sp³-hybridized carbons (Fsp3) is 0.379. The van der Waals surface area contributed by atoms with Crippen LogP contribution < -0.4 is 15.5 Å². The van der Waals surface area contributed by atoms with Crippen LogP contribution >= 0.6 is 0 Å². The molecular weight excluding hydrogens is 450 g/mol. The van der Waals surface area contributed by atoms with Crippen LogP contribution in [-0.2, 0) is 21.5 Å². The number of nitrogens with one attached hydrogen (secondary N) is 2. The van der Waals surface area contributed by atoms with Gasteiger partial charge in [0.25, 0.3) is 0 Å². The minimum atomic E-state index is -0.888. The molecule has 2 amide bonds. The van der Waals surface area contributed by atoms with Gasteiger partial charge in [-0.25, -0.2) is 0 Å². The van der Waals surface area contributed by atoms with Crippen LogP contribution in [0.5, 0.6) is 0 Å². The van der Waals surface area contributed by atoms with E-state index in [1.165, 1.54) is 0 Å². The highest BCUT2D eigenvalue weighted by Gasteiger charge is 2.35. The van der Waals surface area contributed by atoms with Crippen LogP contribution in [-0.4, -0.2) is 34.9 Å². The molecule has 3 rings (SSSR count). The maximum Gasteiger partial charge on any atom is 0.248 e. The highest BCUT2D eigenvalue weighted by atomic mass is 16.2. The average molecular weight is 492 g/mol. The van der Waals surface area contributed by atoms with E-state index in [0.29, 0.717) is 24.2 Å². The smallest absolute Gasteiger partial charge is 0.248 e. The molecule has 2 atom stereocenters. The van der Waals surface area contributed by atoms with Gasteiger partial charge in [-0.1, -0.05) is 52.3 Å². The summed E-state index contributed by atoms with van der Waals surface area (Å²) in [7, 11) is 1.78. The number of amides is 2. The number of hydrogen-bond acceptors (Lipinski definition) is 5. The maximum absolute atomic E-state index is 14.0. The second-order valence-corrected chi connectivity index (χ2v) is 9.90. The monoisotopic (exact) mass is 491 g/mol. The van der Waals surface area contributed by atoms with Crippen molar-refractivity contribution in [3.63, 3.8) is 0 Å². The molecule has 0 saturated carbocycles. The minimum Gasteiger partial charge on any atom is -0.350 e. The molecule has 0 bridgehead atoms. The van der Waals surface area contributed by atoms with Crippen molar-refractivity contribution in [3.8, 4) is 0 Å². The van der Waals surface area contributed by atoms with Crippen LogP contribution in [0.1, 0.15) is 66.1 Å². The van der Waals surface area contributed by atoms with Gasteiger partial charge in [-0.05, 0) is 60.3 Å². The van der Waals surface area contributed by atoms with Crippen LogP contribution in [0.2, 0.25) is 0 Å². The fourth-order valence-electron chi connectivity index (χ4n) is 4.12. The van der Waals surface area contributed by atoms with Crippen molar-refractivity contribution in [2.75, 3.05) is 11.9 Å². The van der Waals surface area contributed by atoms with E-state index in [4.69, 9.17) is 0 Å². The number of likely N-dealkylation sites (N-methyl/N-ethyl adjacent to an activating group) is 1. The van der Waals surface area contributed by atoms with Crippen molar-refractivity contribution in [1.82, 2.24) is 20.6 Å². The van der Waals surface area contributed by atoms with Crippen molar-refractivity contribution >= 4 is 17.5 Å². The number of carbonyl (C=O) groups is 2. The summed E-state index contributed by atoms with van der Waals surface area (Å²) in [4.78, 5) is 37.7. The Morgan fingerprint density at radius 3 is 2.25 bits per heavy atom. The van der Waals surface area contributed by atoms with Gasteiger partial charge in [0.2, 0.25) is 11.8 Å². The summed E-state index contributed by atoms with van der Waals surface area (Å²) in [5, 5.41) is 6.16. The second-order valence-electron chi connectivity index (χ2n) is 9.90. The van der Waals surface area contributed by atoms with E-state index in [9.17, 15) is 9.59 Å². The van der Waals surface area contributed by atoms with E-state index in [-0.39, 0.29) is 20.1 Å². The van der Waals surface area contributed by atoms with Gasteiger partial charge < -0.3 is 10.6 Å². The highest BCUT2D eigenvalue weighted by Crippen LogP contribution is 2.31. The summed E-state index contributed by atoms with van der Waals surface area (Å²) < 4.78 is 0. The normalized spacial score (nSPS) is 13.0. The summed E-state index contributed by atoms with van der Waals surface area (Å²) in [6.45, 7) is 8.81. The van der Waals surface area contributed by atoms with Crippen molar-refractivity contribution in [2.45, 2.75) is 64.6 Å². The molecule has 0 fully saturated rings. The summed E-state index contributed by atoms with van der Waals surface area (Å²) >= 11 is 0. The predicted molar refractivity (Wildman–Crippen MR) is 148 cm³/mol. The molecule has 3 aromatic rings. The third-order valence-corrected chi connectivity index (χ3v) is 6.20. The van der Waals surface area contributed by atoms with Gasteiger partial charge in [0.1, 0.15) is 6.04 Å². The Balaban J connectivity index is 0.00000361. The van der Waals surface area contributed by atoms with E-state index in [1.54, 1.807) is 42.8 Å². The number of hydrogen-bond donors (Lipinski definition) is 2. The van der Waals surface area contributed by atoms with Crippen LogP contribution in [0.3, 0.4) is 0 Å². The lowest BCUT2D eigenvalue weighted by atomic mass is 9.87. The summed E-state index contributed by atoms with van der Waals surface area (Å²) in [5.74, 6) is -0.435. The molecule has 0 aliphatic rings. The van der Waals surface area contributed by atoms with E-state index >= 15 is 0 Å². The lowest BCUT2D eigenvalue weighted by Gasteiger charge is -2.34. The van der Waals surface area contributed by atoms with Crippen molar-refractivity contribution in [1.29, 1.82) is 0 Å². The van der Waals surface area contributed by atoms with Gasteiger partial charge >= 0.3 is 0 Å². The first kappa shape index (κ1) is 27.0. The molecule has 36 heavy (non-hydrogen) atoms. The number of anilines is 1. The van der Waals surface area contributed by atoms with Gasteiger partial charge in [0, 0.05) is 45.4 Å². The van der Waals surface area contributed by atoms with Gasteiger partial charge in [-0.15, -0.1) is 0 Å². The Labute approximate surface area is 217 Å². The first-order valence-electron chi connectivity index (χ1n) is 12.4. The first-order chi connectivity index (χ1) is 17.3. The number of nitrogens with zero attached hydrogens (tertiary/aromatic N) is 3. The number of benzene rings is 1. The molecule has 1 aromatic carbocycles. The van der Waals surface area contributed by atoms with Gasteiger partial charge in [-0.2, -0.15) is 0 Å². The zero-order valence-corrected chi connectivity index (χ0v) is 21.9. The second kappa shape index (κ2) is 12.4. The number of pyridine rings is 2. The van der Waals surface area contributed by atoms with E-state index in [1.807, 2.05) is 49.4 Å². The van der Waals surface area contributed by atoms with Crippen LogP contribution in [0.15, 0.2) is 73.3 Å². The Kier molecular flexibility index (Phi) is 9.31. The molecule has 7 nitrogen and oxygen atoms in total. The van der Waals surface area contributed by atoms with Crippen LogP contribution in [0, 0.1) is 0 Å². The third kappa shape index (κ3) is 6.76. The lowest BCUT2D eigenvalue weighted by molar-refractivity contribution is -0.127. The Hall–Kier alpha value is -3.58. The standard InChI is InChI=1S/C29H37N5O2.2H2/c1-6-8-25(30-5)28(36)34(24-12-10-23(11-13-24)29(2,3)4)26(22-9-7-16-32-20-22)27(35)33-19-21-14-17-31-18-15-21;;/h7,9-18,20,25-26,30H,6,8,19H2,1-5H3,(H,33,35);2*1H/t25-,26?;;/m1../s1. The predicted octanol–water partition coefficient (Wildman–Crippen LogP) is 5.04. The number of carbonyl (C=O) groups excluding carboxylic acids is 2. The van der Waals surface area contributed by atoms with Crippen molar-refractivity contribution < 1.29 is 12.4 Å². The summed E-state index contributed by atoms with van der Waals surface area (Å²) in [5.41, 5.74) is 3.35. The Bertz CT molecular complexity index is 1120. The molecular formula is C29H41N5O2. The Morgan fingerprint density at radius 1 is 1.00 bits per heavy atom. The molecule has 2 N–H and O–H groups in total.